The maximum absolute atomic E-state index is 9.42. The summed E-state index contributed by atoms with van der Waals surface area (Å²) in [5.74, 6) is -1.08. The van der Waals surface area contributed by atoms with E-state index in [2.05, 4.69) is 6.58 Å². The molecule has 0 aliphatic heterocycles. The third-order valence-corrected chi connectivity index (χ3v) is 0.311. The molecular weight excluding hydrogens is 206 g/mol. The smallest absolute Gasteiger partial charge is 0.750 e. The number of thiol groups is 1. The average molecular weight is 212 g/mol. The molecule has 0 aromatic heterocycles. The third kappa shape index (κ3) is 67.1. The largest absolute Gasteiger partial charge is 1.00 e. The summed E-state index contributed by atoms with van der Waals surface area (Å²) >= 11 is 0. The number of carbonyl (C=O) groups is 1. The minimum Gasteiger partial charge on any atom is -0.750 e. The normalized spacial score (nSPS) is 6.50. The van der Waals surface area contributed by atoms with E-state index < -0.39 is 17.0 Å². The standard InChI is InChI=1S/C4H6O2.2Na.H2O3S/c1-2-3-4(5)6;;;1-4(2)3/h2H,1,3H2,(H,5,6);;;4H,(H,1,2,3)/q;2*+1;/p-2. The van der Waals surface area contributed by atoms with Crippen molar-refractivity contribution >= 4 is 17.0 Å². The van der Waals surface area contributed by atoms with E-state index in [9.17, 15) is 9.90 Å². The van der Waals surface area contributed by atoms with E-state index in [0.717, 1.165) is 0 Å². The molecule has 0 rings (SSSR count). The summed E-state index contributed by atoms with van der Waals surface area (Å²) in [7, 11) is -3.37. The van der Waals surface area contributed by atoms with Crippen molar-refractivity contribution in [3.8, 4) is 0 Å². The molecule has 0 spiro atoms. The molecule has 12 heavy (non-hydrogen) atoms. The van der Waals surface area contributed by atoms with Gasteiger partial charge in [0.2, 0.25) is 0 Å². The monoisotopic (exact) mass is 212 g/mol. The molecule has 8 heteroatoms. The number of carbonyl (C=O) groups excluding carboxylic acids is 1. The van der Waals surface area contributed by atoms with Gasteiger partial charge >= 0.3 is 59.1 Å². The quantitative estimate of drug-likeness (QED) is 0.212. The summed E-state index contributed by atoms with van der Waals surface area (Å²) in [6.07, 6.45) is 1.23. The molecule has 0 radical (unpaired) electrons. The average Bonchev–Trinajstić information content (AvgIpc) is 1.62. The summed E-state index contributed by atoms with van der Waals surface area (Å²) in [4.78, 5) is 9.42. The van der Waals surface area contributed by atoms with Gasteiger partial charge in [-0.25, -0.2) is 8.42 Å². The van der Waals surface area contributed by atoms with E-state index in [1.807, 2.05) is 0 Å². The van der Waals surface area contributed by atoms with Crippen LogP contribution in [0.3, 0.4) is 0 Å². The van der Waals surface area contributed by atoms with E-state index in [4.69, 9.17) is 13.0 Å². The van der Waals surface area contributed by atoms with Crippen LogP contribution in [0.1, 0.15) is 6.42 Å². The Morgan fingerprint density at radius 3 is 1.67 bits per heavy atom. The van der Waals surface area contributed by atoms with Crippen molar-refractivity contribution in [1.82, 2.24) is 0 Å². The van der Waals surface area contributed by atoms with Gasteiger partial charge in [-0.3, -0.25) is 0 Å². The van der Waals surface area contributed by atoms with Gasteiger partial charge in [0, 0.05) is 12.4 Å². The second kappa shape index (κ2) is 18.0. The molecule has 0 atom stereocenters. The molecule has 60 valence electrons. The molecule has 0 unspecified atom stereocenters. The summed E-state index contributed by atoms with van der Waals surface area (Å²) in [6.45, 7) is 3.18. The van der Waals surface area contributed by atoms with E-state index in [-0.39, 0.29) is 65.5 Å². The molecule has 0 saturated heterocycles. The predicted molar refractivity (Wildman–Crippen MR) is 30.9 cm³/mol. The third-order valence-electron chi connectivity index (χ3n) is 0.311. The number of hydrogen-bond acceptors (Lipinski definition) is 5. The predicted octanol–water partition coefficient (Wildman–Crippen LogP) is -7.95. The van der Waals surface area contributed by atoms with Crippen molar-refractivity contribution in [2.75, 3.05) is 0 Å². The Bertz CT molecular complexity index is 170. The number of hydrogen-bond donors (Lipinski definition) is 1. The second-order valence-corrected chi connectivity index (χ2v) is 1.54. The van der Waals surface area contributed by atoms with E-state index in [0.29, 0.717) is 0 Å². The van der Waals surface area contributed by atoms with E-state index in [1.165, 1.54) is 6.08 Å². The Kier molecular flexibility index (Phi) is 34.8. The molecular formula is C4H6Na2O5S. The summed E-state index contributed by atoms with van der Waals surface area (Å²) in [6, 6.07) is 0. The molecule has 0 aromatic carbocycles. The van der Waals surface area contributed by atoms with Crippen LogP contribution in [-0.4, -0.2) is 18.9 Å². The van der Waals surface area contributed by atoms with Crippen molar-refractivity contribution in [2.24, 2.45) is 0 Å². The van der Waals surface area contributed by atoms with Crippen molar-refractivity contribution < 1.29 is 82.0 Å². The number of aliphatic carboxylic acids is 1. The summed E-state index contributed by atoms with van der Waals surface area (Å²) in [5.41, 5.74) is 0. The van der Waals surface area contributed by atoms with Crippen molar-refractivity contribution in [2.45, 2.75) is 6.42 Å². The van der Waals surface area contributed by atoms with Crippen LogP contribution >= 0.6 is 0 Å². The minimum atomic E-state index is -3.37. The first-order valence-corrected chi connectivity index (χ1v) is 3.22. The van der Waals surface area contributed by atoms with E-state index in [1.54, 1.807) is 0 Å². The van der Waals surface area contributed by atoms with Crippen LogP contribution in [0.2, 0.25) is 0 Å². The molecule has 0 fully saturated rings. The molecule has 0 heterocycles. The van der Waals surface area contributed by atoms with Gasteiger partial charge in [0.15, 0.2) is 0 Å². The van der Waals surface area contributed by atoms with Gasteiger partial charge in [0.05, 0.1) is 11.0 Å². The zero-order chi connectivity index (χ0) is 8.57. The van der Waals surface area contributed by atoms with Gasteiger partial charge in [-0.2, -0.15) is 0 Å². The summed E-state index contributed by atoms with van der Waals surface area (Å²) in [5, 5.41) is 9.42. The summed E-state index contributed by atoms with van der Waals surface area (Å²) < 4.78 is 25.4. The first-order valence-electron chi connectivity index (χ1n) is 2.13. The molecule has 0 aromatic rings. The van der Waals surface area contributed by atoms with Crippen LogP contribution in [-0.2, 0) is 15.8 Å². The first kappa shape index (κ1) is 23.2. The Hall–Kier alpha value is 1.12. The number of carboxylic acids is 1. The van der Waals surface area contributed by atoms with Crippen LogP contribution in [0.25, 0.3) is 0 Å². The Morgan fingerprint density at radius 1 is 1.42 bits per heavy atom. The maximum atomic E-state index is 9.42. The Labute approximate surface area is 117 Å². The van der Waals surface area contributed by atoms with Gasteiger partial charge in [0.25, 0.3) is 0 Å². The number of rotatable bonds is 2. The first-order chi connectivity index (χ1) is 4.50. The van der Waals surface area contributed by atoms with E-state index >= 15 is 0 Å². The van der Waals surface area contributed by atoms with Crippen LogP contribution in [0.15, 0.2) is 12.7 Å². The Balaban J connectivity index is -0.0000000483. The molecule has 0 bridgehead atoms. The fourth-order valence-corrected chi connectivity index (χ4v) is 0.118. The van der Waals surface area contributed by atoms with Gasteiger partial charge < -0.3 is 14.5 Å². The zero-order valence-electron chi connectivity index (χ0n) is 6.98. The van der Waals surface area contributed by atoms with Crippen LogP contribution < -0.4 is 64.2 Å². The van der Waals surface area contributed by atoms with Gasteiger partial charge in [0.1, 0.15) is 0 Å². The van der Waals surface area contributed by atoms with Gasteiger partial charge in [-0.1, -0.05) is 6.08 Å². The second-order valence-electron chi connectivity index (χ2n) is 1.09. The SMILES string of the molecule is C=CCC(=O)[O-].O=[SH](=O)[O-].[Na+].[Na+]. The fraction of sp³-hybridized carbons (Fsp3) is 0.250. The fourth-order valence-electron chi connectivity index (χ4n) is 0.118. The molecule has 5 nitrogen and oxygen atoms in total. The topological polar surface area (TPSA) is 97.3 Å². The van der Waals surface area contributed by atoms with Gasteiger partial charge in [-0.15, -0.1) is 6.58 Å². The zero-order valence-corrected chi connectivity index (χ0v) is 11.9. The van der Waals surface area contributed by atoms with Crippen LogP contribution in [0, 0.1) is 0 Å². The molecule has 0 N–H and O–H groups in total. The van der Waals surface area contributed by atoms with Gasteiger partial charge in [-0.05, 0) is 0 Å². The molecule has 0 aliphatic carbocycles. The van der Waals surface area contributed by atoms with Crippen LogP contribution in [0.4, 0.5) is 0 Å². The van der Waals surface area contributed by atoms with Crippen molar-refractivity contribution in [3.05, 3.63) is 12.7 Å². The Morgan fingerprint density at radius 2 is 1.67 bits per heavy atom. The number of carboxylic acid groups (broad SMARTS) is 1. The molecule has 0 aliphatic rings. The van der Waals surface area contributed by atoms with Crippen molar-refractivity contribution in [3.63, 3.8) is 0 Å². The van der Waals surface area contributed by atoms with Crippen molar-refractivity contribution in [1.29, 1.82) is 0 Å². The molecule has 0 amide bonds. The molecule has 0 saturated carbocycles. The van der Waals surface area contributed by atoms with Crippen LogP contribution in [0.5, 0.6) is 0 Å². The minimum absolute atomic E-state index is 0. The maximum Gasteiger partial charge on any atom is 1.00 e.